The lowest BCUT2D eigenvalue weighted by Crippen LogP contribution is -2.55. The fourth-order valence-electron chi connectivity index (χ4n) is 6.48. The van der Waals surface area contributed by atoms with Gasteiger partial charge in [-0.3, -0.25) is 0 Å². The maximum absolute atomic E-state index is 12.2. The van der Waals surface area contributed by atoms with Gasteiger partial charge in [-0.25, -0.2) is 14.8 Å². The molecule has 5 aromatic rings. The first-order valence-electron chi connectivity index (χ1n) is 15.9. The summed E-state index contributed by atoms with van der Waals surface area (Å²) in [6, 6.07) is 33.4. The van der Waals surface area contributed by atoms with Gasteiger partial charge >= 0.3 is 6.09 Å². The van der Waals surface area contributed by atoms with Gasteiger partial charge < -0.3 is 24.3 Å². The number of nitrogens with zero attached hydrogens (tertiary/aromatic N) is 4. The van der Waals surface area contributed by atoms with Crippen LogP contribution in [0, 0.1) is 0 Å². The molecule has 0 spiro atoms. The van der Waals surface area contributed by atoms with Crippen LogP contribution in [-0.4, -0.2) is 64.2 Å². The van der Waals surface area contributed by atoms with E-state index in [1.54, 1.807) is 6.33 Å². The van der Waals surface area contributed by atoms with Crippen LogP contribution in [0.3, 0.4) is 0 Å². The number of hydrogen-bond donors (Lipinski definition) is 2. The fraction of sp³-hybridized carbons (Fsp3) is 0.324. The van der Waals surface area contributed by atoms with E-state index in [9.17, 15) is 9.90 Å². The van der Waals surface area contributed by atoms with Gasteiger partial charge in [-0.1, -0.05) is 112 Å². The number of nitrogens with one attached hydrogen (secondary N) is 1. The molecule has 238 valence electrons. The van der Waals surface area contributed by atoms with Crippen LogP contribution in [0.25, 0.3) is 11.0 Å². The fourth-order valence-corrected chi connectivity index (χ4v) is 7.84. The summed E-state index contributed by atoms with van der Waals surface area (Å²) in [5.41, 5.74) is 3.37. The molecule has 9 heteroatoms. The number of fused-ring (bicyclic) bond motifs is 1. The monoisotopic (exact) mass is 633 g/mol. The molecule has 3 heterocycles. The largest absolute Gasteiger partial charge is 0.465 e. The van der Waals surface area contributed by atoms with E-state index in [0.29, 0.717) is 25.3 Å². The van der Waals surface area contributed by atoms with Crippen LogP contribution in [0.2, 0.25) is 18.1 Å². The molecule has 8 nitrogen and oxygen atoms in total. The van der Waals surface area contributed by atoms with E-state index in [2.05, 4.69) is 134 Å². The van der Waals surface area contributed by atoms with Gasteiger partial charge in [0.05, 0.1) is 11.5 Å². The molecule has 1 saturated heterocycles. The molecule has 2 aromatic heterocycles. The Labute approximate surface area is 272 Å². The minimum absolute atomic E-state index is 0.0198. The number of carbonyl (C=O) groups is 1. The van der Waals surface area contributed by atoms with E-state index < -0.39 is 19.9 Å². The molecule has 3 aromatic carbocycles. The lowest BCUT2D eigenvalue weighted by molar-refractivity contribution is 0.0665. The second kappa shape index (κ2) is 12.4. The summed E-state index contributed by atoms with van der Waals surface area (Å²) in [4.78, 5) is 23.2. The number of carboxylic acid groups (broad SMARTS) is 1. The van der Waals surface area contributed by atoms with Crippen LogP contribution in [0.5, 0.6) is 0 Å². The van der Waals surface area contributed by atoms with Gasteiger partial charge in [-0.2, -0.15) is 0 Å². The molecule has 46 heavy (non-hydrogen) atoms. The lowest BCUT2D eigenvalue weighted by atomic mass is 9.76. The molecule has 1 amide bonds. The SMILES string of the molecule is CC(C)(C)[Si](C)(C)O[C@H]1C[C@@H](Nc2ncnc3c2ccn3C(c2ccccc2)(c2ccccc2)c2ccccc2)CN(C(=O)O)C1. The summed E-state index contributed by atoms with van der Waals surface area (Å²) in [6.45, 7) is 11.7. The highest BCUT2D eigenvalue weighted by Crippen LogP contribution is 2.43. The normalized spacial score (nSPS) is 17.6. The van der Waals surface area contributed by atoms with Crippen molar-refractivity contribution in [2.24, 2.45) is 0 Å². The van der Waals surface area contributed by atoms with Gasteiger partial charge in [0, 0.05) is 25.3 Å². The van der Waals surface area contributed by atoms with Crippen LogP contribution >= 0.6 is 0 Å². The Kier molecular flexibility index (Phi) is 8.48. The number of rotatable bonds is 8. The van der Waals surface area contributed by atoms with Crippen molar-refractivity contribution in [2.75, 3.05) is 18.4 Å². The van der Waals surface area contributed by atoms with Crippen molar-refractivity contribution in [3.05, 3.63) is 126 Å². The summed E-state index contributed by atoms with van der Waals surface area (Å²) >= 11 is 0. The zero-order valence-corrected chi connectivity index (χ0v) is 28.2. The first-order chi connectivity index (χ1) is 22.0. The van der Waals surface area contributed by atoms with Gasteiger partial charge in [0.1, 0.15) is 23.3 Å². The minimum Gasteiger partial charge on any atom is -0.465 e. The highest BCUT2D eigenvalue weighted by atomic mass is 28.4. The molecule has 1 aliphatic rings. The highest BCUT2D eigenvalue weighted by molar-refractivity contribution is 6.74. The number of benzene rings is 3. The average Bonchev–Trinajstić information content (AvgIpc) is 3.48. The number of hydrogen-bond acceptors (Lipinski definition) is 5. The molecule has 0 bridgehead atoms. The lowest BCUT2D eigenvalue weighted by Gasteiger charge is -2.43. The Bertz CT molecular complexity index is 1690. The van der Waals surface area contributed by atoms with Crippen molar-refractivity contribution >= 4 is 31.3 Å². The van der Waals surface area contributed by atoms with Gasteiger partial charge in [0.15, 0.2) is 8.32 Å². The van der Waals surface area contributed by atoms with Crippen molar-refractivity contribution in [3.8, 4) is 0 Å². The first kappa shape index (κ1) is 31.5. The second-order valence-electron chi connectivity index (χ2n) is 13.7. The van der Waals surface area contributed by atoms with E-state index in [1.807, 2.05) is 18.2 Å². The highest BCUT2D eigenvalue weighted by Gasteiger charge is 2.42. The maximum Gasteiger partial charge on any atom is 0.407 e. The van der Waals surface area contributed by atoms with E-state index in [0.717, 1.165) is 27.7 Å². The van der Waals surface area contributed by atoms with Crippen molar-refractivity contribution in [1.82, 2.24) is 19.4 Å². The number of piperidine rings is 1. The van der Waals surface area contributed by atoms with Crippen LogP contribution in [0.4, 0.5) is 10.6 Å². The van der Waals surface area contributed by atoms with Gasteiger partial charge in [0.2, 0.25) is 0 Å². The van der Waals surface area contributed by atoms with E-state index in [-0.39, 0.29) is 17.2 Å². The number of amides is 1. The third kappa shape index (κ3) is 5.81. The Morgan fingerprint density at radius 3 is 1.89 bits per heavy atom. The van der Waals surface area contributed by atoms with Gasteiger partial charge in [-0.15, -0.1) is 0 Å². The quantitative estimate of drug-likeness (QED) is 0.134. The number of aromatic nitrogens is 3. The molecule has 1 aliphatic heterocycles. The summed E-state index contributed by atoms with van der Waals surface area (Å²) in [7, 11) is -2.11. The standard InChI is InChI=1S/C37H43N5O3Si/c1-36(2,3)46(4,5)45-31-23-30(24-41(25-31)35(43)44)40-33-32-21-22-42(34(32)39-26-38-33)37(27-15-9-6-10-16-27,28-17-11-7-12-18-28)29-19-13-8-14-20-29/h6-22,26,30-31H,23-25H2,1-5H3,(H,43,44)(H,38,39,40)/t30-,31+/m1/s1. The predicted molar refractivity (Wildman–Crippen MR) is 186 cm³/mol. The zero-order chi connectivity index (χ0) is 32.5. The Morgan fingerprint density at radius 2 is 1.39 bits per heavy atom. The molecule has 0 aliphatic carbocycles. The van der Waals surface area contributed by atoms with Crippen LogP contribution in [-0.2, 0) is 9.96 Å². The molecule has 0 saturated carbocycles. The van der Waals surface area contributed by atoms with Crippen LogP contribution in [0.1, 0.15) is 43.9 Å². The van der Waals surface area contributed by atoms with Gasteiger partial charge in [-0.05, 0) is 47.3 Å². The third-order valence-electron chi connectivity index (χ3n) is 9.71. The number of likely N-dealkylation sites (tertiary alicyclic amines) is 1. The molecular formula is C37H43N5O3Si. The van der Waals surface area contributed by atoms with Crippen molar-refractivity contribution in [1.29, 1.82) is 0 Å². The smallest absolute Gasteiger partial charge is 0.407 e. The Hall–Kier alpha value is -4.47. The van der Waals surface area contributed by atoms with Gasteiger partial charge in [0.25, 0.3) is 0 Å². The Morgan fingerprint density at radius 1 is 0.848 bits per heavy atom. The minimum atomic E-state index is -2.11. The van der Waals surface area contributed by atoms with Crippen LogP contribution < -0.4 is 5.32 Å². The summed E-state index contributed by atoms with van der Waals surface area (Å²) in [6.07, 6.45) is 3.23. The molecule has 2 atom stereocenters. The Balaban J connectivity index is 1.44. The second-order valence-corrected chi connectivity index (χ2v) is 18.5. The summed E-state index contributed by atoms with van der Waals surface area (Å²) < 4.78 is 8.97. The first-order valence-corrected chi connectivity index (χ1v) is 18.8. The van der Waals surface area contributed by atoms with Crippen LogP contribution in [0.15, 0.2) is 110 Å². The molecule has 6 rings (SSSR count). The predicted octanol–water partition coefficient (Wildman–Crippen LogP) is 7.83. The molecule has 1 fully saturated rings. The molecule has 0 unspecified atom stereocenters. The van der Waals surface area contributed by atoms with E-state index in [1.165, 1.54) is 4.90 Å². The van der Waals surface area contributed by atoms with E-state index in [4.69, 9.17) is 9.41 Å². The topological polar surface area (TPSA) is 92.5 Å². The molecule has 2 N–H and O–H groups in total. The van der Waals surface area contributed by atoms with Crippen molar-refractivity contribution < 1.29 is 14.3 Å². The zero-order valence-electron chi connectivity index (χ0n) is 27.2. The third-order valence-corrected chi connectivity index (χ3v) is 14.2. The molecule has 0 radical (unpaired) electrons. The van der Waals surface area contributed by atoms with E-state index >= 15 is 0 Å². The van der Waals surface area contributed by atoms with Crippen molar-refractivity contribution in [2.45, 2.75) is 63.0 Å². The van der Waals surface area contributed by atoms with Crippen molar-refractivity contribution in [3.63, 3.8) is 0 Å². The summed E-state index contributed by atoms with van der Waals surface area (Å²) in [5, 5.41) is 14.5. The average molecular weight is 634 g/mol. The number of anilines is 1. The molecular weight excluding hydrogens is 591 g/mol. The maximum atomic E-state index is 12.2. The summed E-state index contributed by atoms with van der Waals surface area (Å²) in [5.74, 6) is 0.676.